The number of rotatable bonds is 8. The average molecular weight is 385 g/mol. The van der Waals surface area contributed by atoms with Gasteiger partial charge in [-0.3, -0.25) is 9.79 Å². The lowest BCUT2D eigenvalue weighted by atomic mass is 10.1. The van der Waals surface area contributed by atoms with Crippen LogP contribution in [0.2, 0.25) is 0 Å². The summed E-state index contributed by atoms with van der Waals surface area (Å²) in [5.41, 5.74) is 0. The van der Waals surface area contributed by atoms with Gasteiger partial charge in [0.1, 0.15) is 0 Å². The molecule has 0 atom stereocenters. The molecule has 0 unspecified atom stereocenters. The molecular formula is C13H28IN3O2. The number of nitrogens with zero attached hydrogens (tertiary/aromatic N) is 1. The maximum atomic E-state index is 11.1. The third kappa shape index (κ3) is 13.7. The highest BCUT2D eigenvalue weighted by Gasteiger charge is 2.02. The number of nitrogens with one attached hydrogen (secondary N) is 2. The molecule has 0 saturated carbocycles. The fourth-order valence-corrected chi connectivity index (χ4v) is 1.37. The quantitative estimate of drug-likeness (QED) is 0.221. The fourth-order valence-electron chi connectivity index (χ4n) is 1.37. The number of carbonyl (C=O) groups excluding carboxylic acids is 1. The lowest BCUT2D eigenvalue weighted by Crippen LogP contribution is -2.38. The fraction of sp³-hybridized carbons (Fsp3) is 0.846. The van der Waals surface area contributed by atoms with Crippen molar-refractivity contribution < 1.29 is 9.53 Å². The van der Waals surface area contributed by atoms with Gasteiger partial charge < -0.3 is 15.4 Å². The zero-order valence-electron chi connectivity index (χ0n) is 12.5. The number of aliphatic imine (C=N–C) groups is 1. The van der Waals surface area contributed by atoms with Crippen LogP contribution in [0, 0.1) is 5.92 Å². The zero-order chi connectivity index (χ0) is 13.8. The second kappa shape index (κ2) is 13.9. The molecule has 0 fully saturated rings. The van der Waals surface area contributed by atoms with Gasteiger partial charge in [-0.15, -0.1) is 24.0 Å². The maximum absolute atomic E-state index is 11.1. The third-order valence-electron chi connectivity index (χ3n) is 2.39. The number of carbonyl (C=O) groups is 1. The van der Waals surface area contributed by atoms with E-state index in [4.69, 9.17) is 4.74 Å². The van der Waals surface area contributed by atoms with E-state index in [9.17, 15) is 4.79 Å². The summed E-state index contributed by atoms with van der Waals surface area (Å²) >= 11 is 0. The highest BCUT2D eigenvalue weighted by Crippen LogP contribution is 1.96. The molecule has 0 radical (unpaired) electrons. The summed E-state index contributed by atoms with van der Waals surface area (Å²) in [6.45, 7) is 8.28. The molecule has 0 heterocycles. The smallest absolute Gasteiger partial charge is 0.305 e. The molecule has 6 heteroatoms. The first-order valence-corrected chi connectivity index (χ1v) is 6.70. The molecule has 0 bridgehead atoms. The molecule has 0 aliphatic carbocycles. The van der Waals surface area contributed by atoms with E-state index in [2.05, 4.69) is 29.5 Å². The minimum Gasteiger partial charge on any atom is -0.466 e. The predicted molar refractivity (Wildman–Crippen MR) is 90.1 cm³/mol. The normalized spacial score (nSPS) is 10.9. The minimum atomic E-state index is -0.137. The highest BCUT2D eigenvalue weighted by molar-refractivity contribution is 14.0. The average Bonchev–Trinajstić information content (AvgIpc) is 2.32. The van der Waals surface area contributed by atoms with Crippen LogP contribution >= 0.6 is 24.0 Å². The van der Waals surface area contributed by atoms with E-state index in [1.807, 2.05) is 6.92 Å². The molecule has 0 spiro atoms. The zero-order valence-corrected chi connectivity index (χ0v) is 14.8. The van der Waals surface area contributed by atoms with Crippen molar-refractivity contribution in [1.82, 2.24) is 10.6 Å². The van der Waals surface area contributed by atoms with Crippen LogP contribution < -0.4 is 10.6 Å². The molecule has 0 rings (SSSR count). The lowest BCUT2D eigenvalue weighted by molar-refractivity contribution is -0.143. The van der Waals surface area contributed by atoms with Crippen LogP contribution in [0.3, 0.4) is 0 Å². The second-order valence-corrected chi connectivity index (χ2v) is 4.52. The second-order valence-electron chi connectivity index (χ2n) is 4.52. The Morgan fingerprint density at radius 3 is 2.42 bits per heavy atom. The number of esters is 1. The van der Waals surface area contributed by atoms with Crippen LogP contribution in [0.5, 0.6) is 0 Å². The van der Waals surface area contributed by atoms with Gasteiger partial charge in [-0.2, -0.15) is 0 Å². The Kier molecular flexibility index (Phi) is 15.2. The summed E-state index contributed by atoms with van der Waals surface area (Å²) in [4.78, 5) is 15.2. The van der Waals surface area contributed by atoms with Crippen molar-refractivity contribution in [3.8, 4) is 0 Å². The molecule has 0 aromatic rings. The summed E-state index contributed by atoms with van der Waals surface area (Å²) in [7, 11) is 1.75. The molecule has 2 N–H and O–H groups in total. The number of halogens is 1. The first-order chi connectivity index (χ1) is 8.60. The lowest BCUT2D eigenvalue weighted by Gasteiger charge is -2.12. The van der Waals surface area contributed by atoms with Crippen LogP contribution in [0.1, 0.15) is 40.0 Å². The van der Waals surface area contributed by atoms with Crippen LogP contribution in [-0.4, -0.2) is 38.7 Å². The van der Waals surface area contributed by atoms with Crippen molar-refractivity contribution in [2.45, 2.75) is 40.0 Å². The number of hydrogen-bond acceptors (Lipinski definition) is 3. The Labute approximate surface area is 134 Å². The monoisotopic (exact) mass is 385 g/mol. The Hall–Kier alpha value is -0.530. The third-order valence-corrected chi connectivity index (χ3v) is 2.39. The Morgan fingerprint density at radius 2 is 1.89 bits per heavy atom. The van der Waals surface area contributed by atoms with Crippen LogP contribution in [0.25, 0.3) is 0 Å². The predicted octanol–water partition coefficient (Wildman–Crippen LogP) is 2.16. The van der Waals surface area contributed by atoms with Gasteiger partial charge in [0.05, 0.1) is 6.61 Å². The Balaban J connectivity index is 0. The van der Waals surface area contributed by atoms with Gasteiger partial charge in [0, 0.05) is 26.6 Å². The topological polar surface area (TPSA) is 62.7 Å². The Bertz CT molecular complexity index is 258. The van der Waals surface area contributed by atoms with E-state index in [0.29, 0.717) is 18.9 Å². The first kappa shape index (κ1) is 20.8. The summed E-state index contributed by atoms with van der Waals surface area (Å²) in [5.74, 6) is 1.33. The van der Waals surface area contributed by atoms with E-state index in [-0.39, 0.29) is 29.9 Å². The SMILES string of the molecule is CCOC(=O)CCCNC(=NC)NCCC(C)C.I. The van der Waals surface area contributed by atoms with Gasteiger partial charge >= 0.3 is 5.97 Å². The molecule has 0 aromatic heterocycles. The van der Waals surface area contributed by atoms with Crippen molar-refractivity contribution in [3.05, 3.63) is 0 Å². The molecule has 0 saturated heterocycles. The van der Waals surface area contributed by atoms with E-state index >= 15 is 0 Å². The number of hydrogen-bond donors (Lipinski definition) is 2. The molecule has 19 heavy (non-hydrogen) atoms. The van der Waals surface area contributed by atoms with Gasteiger partial charge in [-0.25, -0.2) is 0 Å². The molecular weight excluding hydrogens is 357 g/mol. The first-order valence-electron chi connectivity index (χ1n) is 6.70. The van der Waals surface area contributed by atoms with Crippen molar-refractivity contribution in [2.24, 2.45) is 10.9 Å². The standard InChI is InChI=1S/C13H27N3O2.HI/c1-5-18-12(17)7-6-9-15-13(14-4)16-10-8-11(2)3;/h11H,5-10H2,1-4H3,(H2,14,15,16);1H. The molecule has 0 aromatic carbocycles. The van der Waals surface area contributed by atoms with Gasteiger partial charge in [0.15, 0.2) is 5.96 Å². The van der Waals surface area contributed by atoms with Crippen LogP contribution in [-0.2, 0) is 9.53 Å². The van der Waals surface area contributed by atoms with E-state index < -0.39 is 0 Å². The summed E-state index contributed by atoms with van der Waals surface area (Å²) in [6.07, 6.45) is 2.32. The largest absolute Gasteiger partial charge is 0.466 e. The minimum absolute atomic E-state index is 0. The van der Waals surface area contributed by atoms with Gasteiger partial charge in [-0.05, 0) is 25.7 Å². The molecule has 0 amide bonds. The molecule has 0 aliphatic rings. The highest BCUT2D eigenvalue weighted by atomic mass is 127. The van der Waals surface area contributed by atoms with Crippen molar-refractivity contribution in [1.29, 1.82) is 0 Å². The molecule has 5 nitrogen and oxygen atoms in total. The maximum Gasteiger partial charge on any atom is 0.305 e. The van der Waals surface area contributed by atoms with E-state index in [1.165, 1.54) is 0 Å². The van der Waals surface area contributed by atoms with Crippen LogP contribution in [0.4, 0.5) is 0 Å². The summed E-state index contributed by atoms with van der Waals surface area (Å²) in [6, 6.07) is 0. The summed E-state index contributed by atoms with van der Waals surface area (Å²) in [5, 5.41) is 6.41. The molecule has 0 aliphatic heterocycles. The van der Waals surface area contributed by atoms with Gasteiger partial charge in [0.25, 0.3) is 0 Å². The van der Waals surface area contributed by atoms with Crippen molar-refractivity contribution >= 4 is 35.9 Å². The van der Waals surface area contributed by atoms with Gasteiger partial charge in [-0.1, -0.05) is 13.8 Å². The number of guanidine groups is 1. The van der Waals surface area contributed by atoms with Crippen molar-refractivity contribution in [3.63, 3.8) is 0 Å². The molecule has 114 valence electrons. The number of ether oxygens (including phenoxy) is 1. The van der Waals surface area contributed by atoms with Crippen LogP contribution in [0.15, 0.2) is 4.99 Å². The van der Waals surface area contributed by atoms with E-state index in [1.54, 1.807) is 7.05 Å². The van der Waals surface area contributed by atoms with Crippen molar-refractivity contribution in [2.75, 3.05) is 26.7 Å². The summed E-state index contributed by atoms with van der Waals surface area (Å²) < 4.78 is 4.85. The van der Waals surface area contributed by atoms with E-state index in [0.717, 1.165) is 31.9 Å². The Morgan fingerprint density at radius 1 is 1.26 bits per heavy atom. The van der Waals surface area contributed by atoms with Gasteiger partial charge in [0.2, 0.25) is 0 Å².